The fraction of sp³-hybridized carbons (Fsp3) is 0.296. The van der Waals surface area contributed by atoms with E-state index in [9.17, 15) is 67.4 Å². The van der Waals surface area contributed by atoms with Crippen molar-refractivity contribution in [2.24, 2.45) is 0 Å². The molecule has 0 spiro atoms. The summed E-state index contributed by atoms with van der Waals surface area (Å²) in [5, 5.41) is 21.3. The Hall–Kier alpha value is -6.94. The van der Waals surface area contributed by atoms with Crippen LogP contribution in [0.5, 0.6) is 11.5 Å². The Morgan fingerprint density at radius 2 is 0.868 bits per heavy atom. The molecule has 22 heteroatoms. The summed E-state index contributed by atoms with van der Waals surface area (Å²) >= 11 is 3.37. The lowest BCUT2D eigenvalue weighted by Crippen LogP contribution is -2.55. The lowest BCUT2D eigenvalue weighted by atomic mass is 9.77. The molecule has 9 nitrogen and oxygen atoms in total. The second-order valence-electron chi connectivity index (χ2n) is 18.4. The lowest BCUT2D eigenvalue weighted by molar-refractivity contribution is -0.253. The molecule has 6 aromatic carbocycles. The maximum absolute atomic E-state index is 14.8. The first-order valence-corrected chi connectivity index (χ1v) is 24.4. The van der Waals surface area contributed by atoms with E-state index < -0.39 is 94.1 Å². The van der Waals surface area contributed by atoms with Gasteiger partial charge in [-0.15, -0.1) is 0 Å². The molecule has 0 saturated heterocycles. The molecule has 2 aliphatic rings. The standard InChI is InChI=1S/C27H23BrF6N2O2.C27H24F6N2O3/c28-16-25(10-11-25)35-24(37)36-26(15-17-4-2-1-3-5-17,18-6-8-20(29)9-7-18)19-12-21(30)14-22(13-19)38-27(33,34)23(31)32;28-20-8-6-18(7-9-20)26(15-17-4-2-1-3-5-17,35-24(37)34-25(16-36)10-11-25)19-12-21(29)14-22(13-19)38-27(32,33)23(30)31/h1-9,12-14,23H,10-11,15-16H2,(H2,35,36,37);1-9,12-14,23,36H,10-11,15-16H2,(H2,34,35,37)/t2*26-/m11/s1. The Morgan fingerprint density at radius 1 is 0.513 bits per heavy atom. The van der Waals surface area contributed by atoms with Gasteiger partial charge in [-0.2, -0.15) is 35.1 Å². The van der Waals surface area contributed by atoms with Crippen molar-refractivity contribution in [2.45, 2.75) is 85.7 Å². The molecule has 404 valence electrons. The molecule has 0 bridgehead atoms. The minimum Gasteiger partial charge on any atom is -0.428 e. The molecule has 8 rings (SSSR count). The van der Waals surface area contributed by atoms with Gasteiger partial charge >= 0.3 is 37.1 Å². The van der Waals surface area contributed by atoms with Crippen molar-refractivity contribution in [3.05, 3.63) is 202 Å². The number of ether oxygens (including phenoxy) is 2. The molecule has 0 aromatic heterocycles. The number of nitrogens with one attached hydrogen (secondary N) is 4. The third-order valence-electron chi connectivity index (χ3n) is 12.7. The van der Waals surface area contributed by atoms with Gasteiger partial charge in [-0.1, -0.05) is 101 Å². The quantitative estimate of drug-likeness (QED) is 0.0385. The first kappa shape index (κ1) is 56.8. The molecule has 6 aromatic rings. The number of alkyl halides is 9. The average molecular weight is 1140 g/mol. The van der Waals surface area contributed by atoms with Crippen LogP contribution < -0.4 is 30.7 Å². The Morgan fingerprint density at radius 3 is 1.18 bits per heavy atom. The highest BCUT2D eigenvalue weighted by atomic mass is 79.9. The second-order valence-corrected chi connectivity index (χ2v) is 19.0. The molecule has 2 fully saturated rings. The molecular weight excluding hydrogens is 1090 g/mol. The van der Waals surface area contributed by atoms with Crippen LogP contribution in [0.25, 0.3) is 0 Å². The van der Waals surface area contributed by atoms with E-state index in [0.29, 0.717) is 59.8 Å². The maximum atomic E-state index is 14.8. The van der Waals surface area contributed by atoms with Gasteiger partial charge in [0.2, 0.25) is 0 Å². The van der Waals surface area contributed by atoms with Crippen LogP contribution in [-0.2, 0) is 23.9 Å². The lowest BCUT2D eigenvalue weighted by Gasteiger charge is -2.37. The summed E-state index contributed by atoms with van der Waals surface area (Å²) in [6.45, 7) is -0.330. The van der Waals surface area contributed by atoms with Gasteiger partial charge in [-0.25, -0.2) is 27.2 Å². The van der Waals surface area contributed by atoms with Crippen LogP contribution in [0.1, 0.15) is 59.1 Å². The van der Waals surface area contributed by atoms with E-state index in [2.05, 4.69) is 46.7 Å². The third kappa shape index (κ3) is 13.9. The molecule has 0 heterocycles. The third-order valence-corrected chi connectivity index (χ3v) is 13.8. The zero-order valence-corrected chi connectivity index (χ0v) is 41.2. The van der Waals surface area contributed by atoms with Crippen LogP contribution in [0.4, 0.5) is 62.3 Å². The molecule has 0 aliphatic heterocycles. The fourth-order valence-corrected chi connectivity index (χ4v) is 9.08. The van der Waals surface area contributed by atoms with Gasteiger partial charge in [-0.3, -0.25) is 0 Å². The molecule has 2 saturated carbocycles. The Balaban J connectivity index is 0.000000221. The van der Waals surface area contributed by atoms with Gasteiger partial charge in [0, 0.05) is 30.3 Å². The first-order chi connectivity index (χ1) is 35.9. The van der Waals surface area contributed by atoms with Gasteiger partial charge < -0.3 is 35.8 Å². The smallest absolute Gasteiger partial charge is 0.428 e. The number of halogens is 13. The maximum Gasteiger partial charge on any atom is 0.461 e. The van der Waals surface area contributed by atoms with Crippen LogP contribution in [0.15, 0.2) is 146 Å². The zero-order valence-electron chi connectivity index (χ0n) is 39.7. The Bertz CT molecular complexity index is 2740. The fourth-order valence-electron chi connectivity index (χ4n) is 8.38. The SMILES string of the molecule is O=C(NC1(CBr)CC1)N[C@](Cc1ccccc1)(c1ccc(F)cc1)c1cc(F)cc(OC(F)(F)C(F)F)c1.O=C(NC1(CO)CC1)N[C@](Cc1ccccc1)(c1ccc(F)cc1)c1cc(F)cc(OC(F)(F)C(F)F)c1. The van der Waals surface area contributed by atoms with Crippen LogP contribution in [0.3, 0.4) is 0 Å². The summed E-state index contributed by atoms with van der Waals surface area (Å²) in [6.07, 6.45) is -15.8. The van der Waals surface area contributed by atoms with E-state index in [1.165, 1.54) is 24.3 Å². The monoisotopic (exact) mass is 1140 g/mol. The summed E-state index contributed by atoms with van der Waals surface area (Å²) in [5.74, 6) is -5.12. The minimum absolute atomic E-state index is 0.0255. The molecule has 2 atom stereocenters. The minimum atomic E-state index is -4.91. The normalized spacial score (nSPS) is 16.0. The van der Waals surface area contributed by atoms with E-state index in [0.717, 1.165) is 48.5 Å². The summed E-state index contributed by atoms with van der Waals surface area (Å²) in [7, 11) is 0. The molecule has 4 amide bonds. The van der Waals surface area contributed by atoms with Crippen molar-refractivity contribution in [1.82, 2.24) is 21.3 Å². The average Bonchev–Trinajstić information content (AvgIpc) is 4.32. The van der Waals surface area contributed by atoms with Gasteiger partial charge in [0.05, 0.1) is 28.8 Å². The van der Waals surface area contributed by atoms with E-state index in [1.807, 2.05) is 0 Å². The van der Waals surface area contributed by atoms with E-state index >= 15 is 0 Å². The Kier molecular flexibility index (Phi) is 17.3. The number of urea groups is 2. The van der Waals surface area contributed by atoms with Gasteiger partial charge in [-0.05, 0) is 108 Å². The van der Waals surface area contributed by atoms with Crippen LogP contribution in [0, 0.1) is 23.3 Å². The molecule has 5 N–H and O–H groups in total. The summed E-state index contributed by atoms with van der Waals surface area (Å²) in [6, 6.07) is 30.6. The van der Waals surface area contributed by atoms with Crippen molar-refractivity contribution < 1.29 is 76.9 Å². The predicted octanol–water partition coefficient (Wildman–Crippen LogP) is 12.4. The molecule has 0 unspecified atom stereocenters. The molecule has 2 aliphatic carbocycles. The van der Waals surface area contributed by atoms with E-state index in [1.54, 1.807) is 60.7 Å². The van der Waals surface area contributed by atoms with Gasteiger partial charge in [0.1, 0.15) is 34.8 Å². The summed E-state index contributed by atoms with van der Waals surface area (Å²) in [4.78, 5) is 26.5. The number of carbonyl (C=O) groups is 2. The highest BCUT2D eigenvalue weighted by Gasteiger charge is 2.49. The number of amides is 4. The number of carbonyl (C=O) groups excluding carboxylic acids is 2. The molecule has 0 radical (unpaired) electrons. The highest BCUT2D eigenvalue weighted by Crippen LogP contribution is 2.42. The topological polar surface area (TPSA) is 121 Å². The number of hydrogen-bond donors (Lipinski definition) is 5. The highest BCUT2D eigenvalue weighted by molar-refractivity contribution is 9.09. The predicted molar refractivity (Wildman–Crippen MR) is 259 cm³/mol. The number of rotatable bonds is 20. The van der Waals surface area contributed by atoms with Crippen molar-refractivity contribution >= 4 is 28.0 Å². The summed E-state index contributed by atoms with van der Waals surface area (Å²) < 4.78 is 172. The summed E-state index contributed by atoms with van der Waals surface area (Å²) in [5.41, 5.74) is -3.10. The van der Waals surface area contributed by atoms with E-state index in [-0.39, 0.29) is 36.1 Å². The van der Waals surface area contributed by atoms with Gasteiger partial charge in [0.25, 0.3) is 0 Å². The number of benzene rings is 6. The van der Waals surface area contributed by atoms with Crippen molar-refractivity contribution in [1.29, 1.82) is 0 Å². The molecular formula is C54H47BrF12N4O5. The number of hydrogen-bond acceptors (Lipinski definition) is 5. The van der Waals surface area contributed by atoms with Crippen molar-refractivity contribution in [3.63, 3.8) is 0 Å². The van der Waals surface area contributed by atoms with Crippen LogP contribution in [-0.4, -0.2) is 65.3 Å². The number of aliphatic hydroxyl groups excluding tert-OH is 1. The molecule has 76 heavy (non-hydrogen) atoms. The van der Waals surface area contributed by atoms with Crippen LogP contribution in [0.2, 0.25) is 0 Å². The van der Waals surface area contributed by atoms with Crippen molar-refractivity contribution in [2.75, 3.05) is 11.9 Å². The van der Waals surface area contributed by atoms with Crippen LogP contribution >= 0.6 is 15.9 Å². The van der Waals surface area contributed by atoms with Crippen molar-refractivity contribution in [3.8, 4) is 11.5 Å². The first-order valence-electron chi connectivity index (χ1n) is 23.2. The Labute approximate surface area is 436 Å². The second kappa shape index (κ2) is 23.1. The largest absolute Gasteiger partial charge is 0.461 e. The van der Waals surface area contributed by atoms with Gasteiger partial charge in [0.15, 0.2) is 0 Å². The zero-order chi connectivity index (χ0) is 55.1. The van der Waals surface area contributed by atoms with E-state index in [4.69, 9.17) is 0 Å². The number of aliphatic hydroxyl groups is 1.